The lowest BCUT2D eigenvalue weighted by molar-refractivity contribution is -0.161. The molecule has 0 bridgehead atoms. The van der Waals surface area contributed by atoms with Crippen LogP contribution in [-0.2, 0) is 25.7 Å². The molecule has 0 aromatic heterocycles. The number of imide groups is 1. The second kappa shape index (κ2) is 8.17. The zero-order valence-electron chi connectivity index (χ0n) is 14.6. The first-order chi connectivity index (χ1) is 13.0. The predicted octanol–water partition coefficient (Wildman–Crippen LogP) is 0.103. The molecule has 1 aromatic carbocycles. The molecule has 9 nitrogen and oxygen atoms in total. The second-order valence-corrected chi connectivity index (χ2v) is 6.56. The molecule has 3 rings (SSSR count). The largest absolute Gasteiger partial charge is 0.480 e. The Bertz CT molecular complexity index is 738. The number of alkyl carbamates (subject to hydrolysis) is 1. The molecule has 2 aliphatic heterocycles. The van der Waals surface area contributed by atoms with Crippen molar-refractivity contribution in [2.75, 3.05) is 13.1 Å². The number of carbonyl (C=O) groups is 4. The molecule has 2 saturated heterocycles. The van der Waals surface area contributed by atoms with Crippen molar-refractivity contribution in [2.24, 2.45) is 5.92 Å². The third kappa shape index (κ3) is 4.25. The monoisotopic (exact) mass is 375 g/mol. The van der Waals surface area contributed by atoms with Crippen LogP contribution in [0.3, 0.4) is 0 Å². The molecule has 9 heteroatoms. The Labute approximate surface area is 155 Å². The van der Waals surface area contributed by atoms with E-state index in [-0.39, 0.29) is 13.2 Å². The van der Waals surface area contributed by atoms with E-state index in [0.29, 0.717) is 19.4 Å². The van der Waals surface area contributed by atoms with Gasteiger partial charge in [-0.05, 0) is 24.9 Å². The van der Waals surface area contributed by atoms with Crippen LogP contribution in [-0.4, -0.2) is 59.1 Å². The van der Waals surface area contributed by atoms with E-state index >= 15 is 0 Å². The maximum absolute atomic E-state index is 12.5. The molecule has 0 aliphatic carbocycles. The first-order valence-corrected chi connectivity index (χ1v) is 8.76. The van der Waals surface area contributed by atoms with Crippen LogP contribution in [0.4, 0.5) is 4.79 Å². The van der Waals surface area contributed by atoms with E-state index in [1.54, 1.807) is 12.1 Å². The molecular weight excluding hydrogens is 354 g/mol. The van der Waals surface area contributed by atoms with E-state index < -0.39 is 41.9 Å². The van der Waals surface area contributed by atoms with Crippen LogP contribution in [0.2, 0.25) is 0 Å². The Morgan fingerprint density at radius 2 is 2.00 bits per heavy atom. The van der Waals surface area contributed by atoms with E-state index in [4.69, 9.17) is 4.74 Å². The van der Waals surface area contributed by atoms with Crippen molar-refractivity contribution in [1.82, 2.24) is 15.5 Å². The number of carbonyl (C=O) groups excluding carboxylic acids is 3. The lowest BCUT2D eigenvalue weighted by atomic mass is 9.88. The molecule has 0 saturated carbocycles. The Kier molecular flexibility index (Phi) is 5.70. The standard InChI is InChI=1S/C18H21N3O6/c22-15(12-7-4-8-19-14(12)17(24)25)21-9-13(16(21)23)20-18(26)27-10-11-5-2-1-3-6-11/h1-3,5-6,12-14,19H,4,7-10H2,(H,20,26)(H,24,25)/t12-,13?,14?/m0/s1. The first-order valence-electron chi connectivity index (χ1n) is 8.76. The van der Waals surface area contributed by atoms with Crippen LogP contribution >= 0.6 is 0 Å². The number of nitrogens with zero attached hydrogens (tertiary/aromatic N) is 1. The first kappa shape index (κ1) is 18.8. The summed E-state index contributed by atoms with van der Waals surface area (Å²) in [7, 11) is 0. The van der Waals surface area contributed by atoms with Gasteiger partial charge in [0.1, 0.15) is 18.7 Å². The summed E-state index contributed by atoms with van der Waals surface area (Å²) < 4.78 is 5.05. The number of nitrogens with one attached hydrogen (secondary N) is 2. The molecule has 144 valence electrons. The van der Waals surface area contributed by atoms with Crippen LogP contribution in [0.1, 0.15) is 18.4 Å². The summed E-state index contributed by atoms with van der Waals surface area (Å²) >= 11 is 0. The van der Waals surface area contributed by atoms with Gasteiger partial charge in [0.05, 0.1) is 12.5 Å². The maximum Gasteiger partial charge on any atom is 0.408 e. The Morgan fingerprint density at radius 1 is 1.26 bits per heavy atom. The van der Waals surface area contributed by atoms with Crippen molar-refractivity contribution in [1.29, 1.82) is 0 Å². The average Bonchev–Trinajstić information content (AvgIpc) is 2.69. The van der Waals surface area contributed by atoms with Gasteiger partial charge in [-0.3, -0.25) is 19.3 Å². The minimum atomic E-state index is -1.11. The van der Waals surface area contributed by atoms with Crippen LogP contribution in [0.5, 0.6) is 0 Å². The van der Waals surface area contributed by atoms with Crippen molar-refractivity contribution >= 4 is 23.9 Å². The zero-order valence-corrected chi connectivity index (χ0v) is 14.6. The summed E-state index contributed by atoms with van der Waals surface area (Å²) in [6, 6.07) is 7.26. The molecule has 3 amide bonds. The van der Waals surface area contributed by atoms with Gasteiger partial charge in [-0.25, -0.2) is 4.79 Å². The molecule has 2 fully saturated rings. The number of carboxylic acids is 1. The van der Waals surface area contributed by atoms with Crippen LogP contribution in [0.25, 0.3) is 0 Å². The maximum atomic E-state index is 12.5. The normalized spacial score (nSPS) is 24.7. The van der Waals surface area contributed by atoms with Gasteiger partial charge in [-0.1, -0.05) is 30.3 Å². The molecule has 3 atom stereocenters. The van der Waals surface area contributed by atoms with Crippen molar-refractivity contribution in [3.63, 3.8) is 0 Å². The van der Waals surface area contributed by atoms with Crippen molar-refractivity contribution in [3.05, 3.63) is 35.9 Å². The highest BCUT2D eigenvalue weighted by Gasteiger charge is 2.47. The van der Waals surface area contributed by atoms with E-state index in [1.165, 1.54) is 0 Å². The Balaban J connectivity index is 1.48. The van der Waals surface area contributed by atoms with Gasteiger partial charge in [0.2, 0.25) is 5.91 Å². The van der Waals surface area contributed by atoms with E-state index in [1.807, 2.05) is 18.2 Å². The van der Waals surface area contributed by atoms with Crippen molar-refractivity contribution < 1.29 is 29.0 Å². The number of hydrogen-bond donors (Lipinski definition) is 3. The van der Waals surface area contributed by atoms with Gasteiger partial charge in [-0.15, -0.1) is 0 Å². The number of hydrogen-bond acceptors (Lipinski definition) is 6. The summed E-state index contributed by atoms with van der Waals surface area (Å²) in [6.45, 7) is 0.608. The number of piperidine rings is 1. The highest BCUT2D eigenvalue weighted by Crippen LogP contribution is 2.23. The molecule has 2 aliphatic rings. The number of β-lactam (4-membered cyclic amide) rings is 1. The van der Waals surface area contributed by atoms with Gasteiger partial charge in [0, 0.05) is 0 Å². The lowest BCUT2D eigenvalue weighted by Gasteiger charge is -2.40. The number of rotatable bonds is 5. The number of ether oxygens (including phenoxy) is 1. The minimum absolute atomic E-state index is 0.0148. The fourth-order valence-electron chi connectivity index (χ4n) is 3.25. The number of benzene rings is 1. The van der Waals surface area contributed by atoms with E-state index in [0.717, 1.165) is 10.5 Å². The van der Waals surface area contributed by atoms with Crippen LogP contribution in [0.15, 0.2) is 30.3 Å². The molecule has 0 spiro atoms. The summed E-state index contributed by atoms with van der Waals surface area (Å²) in [5, 5.41) is 14.4. The Hall–Kier alpha value is -2.94. The fourth-order valence-corrected chi connectivity index (χ4v) is 3.25. The quantitative estimate of drug-likeness (QED) is 0.492. The molecule has 1 aromatic rings. The molecular formula is C18H21N3O6. The third-order valence-electron chi connectivity index (χ3n) is 4.74. The SMILES string of the molecule is O=C(NC1CN(C(=O)[C@H]2CCCNC2C(=O)O)C1=O)OCc1ccccc1. The topological polar surface area (TPSA) is 125 Å². The third-order valence-corrected chi connectivity index (χ3v) is 4.74. The molecule has 0 radical (unpaired) electrons. The summed E-state index contributed by atoms with van der Waals surface area (Å²) in [6.07, 6.45) is 0.325. The number of likely N-dealkylation sites (tertiary alicyclic amines) is 1. The number of amides is 3. The van der Waals surface area contributed by atoms with Crippen molar-refractivity contribution in [2.45, 2.75) is 31.5 Å². The van der Waals surface area contributed by atoms with Crippen LogP contribution < -0.4 is 10.6 Å². The van der Waals surface area contributed by atoms with Crippen LogP contribution in [0, 0.1) is 5.92 Å². The Morgan fingerprint density at radius 3 is 2.67 bits per heavy atom. The smallest absolute Gasteiger partial charge is 0.408 e. The van der Waals surface area contributed by atoms with E-state index in [2.05, 4.69) is 10.6 Å². The van der Waals surface area contributed by atoms with E-state index in [9.17, 15) is 24.3 Å². The minimum Gasteiger partial charge on any atom is -0.480 e. The summed E-state index contributed by atoms with van der Waals surface area (Å²) in [5.74, 6) is -2.96. The van der Waals surface area contributed by atoms with Gasteiger partial charge in [0.25, 0.3) is 5.91 Å². The van der Waals surface area contributed by atoms with Gasteiger partial charge < -0.3 is 20.5 Å². The lowest BCUT2D eigenvalue weighted by Crippen LogP contribution is -2.68. The molecule has 3 N–H and O–H groups in total. The van der Waals surface area contributed by atoms with Gasteiger partial charge in [0.15, 0.2) is 0 Å². The number of carboxylic acid groups (broad SMARTS) is 1. The summed E-state index contributed by atoms with van der Waals surface area (Å²) in [4.78, 5) is 48.8. The second-order valence-electron chi connectivity index (χ2n) is 6.56. The fraction of sp³-hybridized carbons (Fsp3) is 0.444. The van der Waals surface area contributed by atoms with Crippen molar-refractivity contribution in [3.8, 4) is 0 Å². The number of aliphatic carboxylic acids is 1. The highest BCUT2D eigenvalue weighted by molar-refractivity contribution is 6.05. The average molecular weight is 375 g/mol. The van der Waals surface area contributed by atoms with Gasteiger partial charge in [-0.2, -0.15) is 0 Å². The van der Waals surface area contributed by atoms with Gasteiger partial charge >= 0.3 is 12.1 Å². The molecule has 2 unspecified atom stereocenters. The molecule has 2 heterocycles. The predicted molar refractivity (Wildman–Crippen MR) is 92.4 cm³/mol. The molecule has 27 heavy (non-hydrogen) atoms. The zero-order chi connectivity index (χ0) is 19.4. The highest BCUT2D eigenvalue weighted by atomic mass is 16.5. The summed E-state index contributed by atoms with van der Waals surface area (Å²) in [5.41, 5.74) is 0.814.